The summed E-state index contributed by atoms with van der Waals surface area (Å²) >= 11 is 0. The lowest BCUT2D eigenvalue weighted by atomic mass is 9.95. The van der Waals surface area contributed by atoms with Crippen molar-refractivity contribution >= 4 is 0 Å². The molecule has 1 N–H and O–H groups in total. The van der Waals surface area contributed by atoms with Crippen LogP contribution in [0.3, 0.4) is 0 Å². The zero-order valence-corrected chi connectivity index (χ0v) is 13.4. The molecular weight excluding hydrogens is 232 g/mol. The highest BCUT2D eigenvalue weighted by molar-refractivity contribution is 4.97. The van der Waals surface area contributed by atoms with Crippen molar-refractivity contribution in [3.8, 4) is 0 Å². The molecule has 2 aliphatic rings. The SMILES string of the molecule is CC(C)CCCC(C)N1CCCNC2(CCCC2)C1. The van der Waals surface area contributed by atoms with Gasteiger partial charge in [0.05, 0.1) is 0 Å². The third kappa shape index (κ3) is 4.46. The normalized spacial score (nSPS) is 25.9. The average Bonchev–Trinajstić information content (AvgIpc) is 2.69. The van der Waals surface area contributed by atoms with Crippen molar-refractivity contribution in [3.05, 3.63) is 0 Å². The van der Waals surface area contributed by atoms with Gasteiger partial charge in [-0.2, -0.15) is 0 Å². The Balaban J connectivity index is 1.83. The molecule has 0 aromatic heterocycles. The van der Waals surface area contributed by atoms with Crippen molar-refractivity contribution in [1.82, 2.24) is 10.2 Å². The van der Waals surface area contributed by atoms with E-state index < -0.39 is 0 Å². The molecule has 1 saturated carbocycles. The largest absolute Gasteiger partial charge is 0.310 e. The highest BCUT2D eigenvalue weighted by Crippen LogP contribution is 2.32. The van der Waals surface area contributed by atoms with Gasteiger partial charge in [0.25, 0.3) is 0 Å². The Hall–Kier alpha value is -0.0800. The predicted molar refractivity (Wildman–Crippen MR) is 83.5 cm³/mol. The highest BCUT2D eigenvalue weighted by atomic mass is 15.2. The lowest BCUT2D eigenvalue weighted by Gasteiger charge is -2.36. The topological polar surface area (TPSA) is 15.3 Å². The smallest absolute Gasteiger partial charge is 0.0308 e. The van der Waals surface area contributed by atoms with Crippen molar-refractivity contribution in [3.63, 3.8) is 0 Å². The van der Waals surface area contributed by atoms with Gasteiger partial charge in [-0.15, -0.1) is 0 Å². The molecule has 1 aliphatic heterocycles. The Morgan fingerprint density at radius 2 is 1.79 bits per heavy atom. The van der Waals surface area contributed by atoms with E-state index in [0.717, 1.165) is 12.0 Å². The molecule has 0 aromatic carbocycles. The molecule has 0 aromatic rings. The summed E-state index contributed by atoms with van der Waals surface area (Å²) in [6.45, 7) is 11.0. The van der Waals surface area contributed by atoms with Gasteiger partial charge in [-0.3, -0.25) is 4.90 Å². The van der Waals surface area contributed by atoms with Crippen LogP contribution >= 0.6 is 0 Å². The van der Waals surface area contributed by atoms with Crippen molar-refractivity contribution in [1.29, 1.82) is 0 Å². The van der Waals surface area contributed by atoms with Crippen LogP contribution < -0.4 is 5.32 Å². The minimum absolute atomic E-state index is 0.475. The number of hydrogen-bond donors (Lipinski definition) is 1. The monoisotopic (exact) mass is 266 g/mol. The van der Waals surface area contributed by atoms with Crippen LogP contribution in [0, 0.1) is 5.92 Å². The summed E-state index contributed by atoms with van der Waals surface area (Å²) < 4.78 is 0. The summed E-state index contributed by atoms with van der Waals surface area (Å²) in [5, 5.41) is 3.87. The first kappa shape index (κ1) is 15.3. The van der Waals surface area contributed by atoms with E-state index in [4.69, 9.17) is 0 Å². The lowest BCUT2D eigenvalue weighted by Crippen LogP contribution is -2.51. The molecule has 0 bridgehead atoms. The Labute approximate surface area is 120 Å². The van der Waals surface area contributed by atoms with E-state index in [2.05, 4.69) is 31.0 Å². The van der Waals surface area contributed by atoms with Crippen LogP contribution in [0.15, 0.2) is 0 Å². The summed E-state index contributed by atoms with van der Waals surface area (Å²) in [6, 6.07) is 0.774. The van der Waals surface area contributed by atoms with E-state index in [-0.39, 0.29) is 0 Å². The fourth-order valence-electron chi connectivity index (χ4n) is 3.93. The van der Waals surface area contributed by atoms with E-state index in [9.17, 15) is 0 Å². The third-order valence-electron chi connectivity index (χ3n) is 5.22. The second-order valence-electron chi connectivity index (χ2n) is 7.41. The van der Waals surface area contributed by atoms with Gasteiger partial charge in [0.2, 0.25) is 0 Å². The van der Waals surface area contributed by atoms with Gasteiger partial charge in [-0.25, -0.2) is 0 Å². The van der Waals surface area contributed by atoms with Crippen molar-refractivity contribution < 1.29 is 0 Å². The van der Waals surface area contributed by atoms with E-state index in [0.29, 0.717) is 5.54 Å². The maximum absolute atomic E-state index is 3.87. The van der Waals surface area contributed by atoms with Crippen LogP contribution in [0.4, 0.5) is 0 Å². The minimum Gasteiger partial charge on any atom is -0.310 e. The molecule has 112 valence electrons. The molecule has 19 heavy (non-hydrogen) atoms. The Morgan fingerprint density at radius 1 is 1.05 bits per heavy atom. The van der Waals surface area contributed by atoms with Gasteiger partial charge >= 0.3 is 0 Å². The zero-order valence-electron chi connectivity index (χ0n) is 13.4. The number of rotatable bonds is 5. The van der Waals surface area contributed by atoms with Crippen LogP contribution in [-0.2, 0) is 0 Å². The highest BCUT2D eigenvalue weighted by Gasteiger charge is 2.37. The summed E-state index contributed by atoms with van der Waals surface area (Å²) in [5.74, 6) is 0.860. The molecule has 1 unspecified atom stereocenters. The Bertz CT molecular complexity index is 256. The van der Waals surface area contributed by atoms with E-state index in [1.54, 1.807) is 0 Å². The molecule has 1 saturated heterocycles. The van der Waals surface area contributed by atoms with Gasteiger partial charge in [-0.05, 0) is 51.6 Å². The Kier molecular flexibility index (Phi) is 5.70. The maximum atomic E-state index is 3.87. The van der Waals surface area contributed by atoms with Crippen LogP contribution in [-0.4, -0.2) is 36.1 Å². The van der Waals surface area contributed by atoms with E-state index in [1.165, 1.54) is 71.0 Å². The quantitative estimate of drug-likeness (QED) is 0.814. The minimum atomic E-state index is 0.475. The van der Waals surface area contributed by atoms with Gasteiger partial charge in [0.15, 0.2) is 0 Å². The van der Waals surface area contributed by atoms with Crippen LogP contribution in [0.5, 0.6) is 0 Å². The summed E-state index contributed by atoms with van der Waals surface area (Å²) in [6.07, 6.45) is 11.2. The molecule has 2 nitrogen and oxygen atoms in total. The molecule has 1 spiro atoms. The molecule has 1 aliphatic carbocycles. The fourth-order valence-corrected chi connectivity index (χ4v) is 3.93. The van der Waals surface area contributed by atoms with Gasteiger partial charge < -0.3 is 5.32 Å². The van der Waals surface area contributed by atoms with Crippen LogP contribution in [0.1, 0.15) is 72.1 Å². The van der Waals surface area contributed by atoms with Crippen molar-refractivity contribution in [2.45, 2.75) is 83.7 Å². The second-order valence-corrected chi connectivity index (χ2v) is 7.41. The van der Waals surface area contributed by atoms with Gasteiger partial charge in [0, 0.05) is 18.1 Å². The van der Waals surface area contributed by atoms with E-state index in [1.807, 2.05) is 0 Å². The molecule has 0 radical (unpaired) electrons. The second kappa shape index (κ2) is 7.08. The number of nitrogens with zero attached hydrogens (tertiary/aromatic N) is 1. The first-order valence-electron chi connectivity index (χ1n) is 8.60. The third-order valence-corrected chi connectivity index (χ3v) is 5.22. The molecule has 1 heterocycles. The van der Waals surface area contributed by atoms with Crippen LogP contribution in [0.2, 0.25) is 0 Å². The molecule has 2 rings (SSSR count). The Morgan fingerprint density at radius 3 is 2.47 bits per heavy atom. The molecule has 2 heteroatoms. The molecular formula is C17H34N2. The predicted octanol–water partition coefficient (Wildman–Crippen LogP) is 3.81. The molecule has 0 amide bonds. The van der Waals surface area contributed by atoms with Crippen molar-refractivity contribution in [2.75, 3.05) is 19.6 Å². The number of hydrogen-bond acceptors (Lipinski definition) is 2. The fraction of sp³-hybridized carbons (Fsp3) is 1.00. The summed E-state index contributed by atoms with van der Waals surface area (Å²) in [7, 11) is 0. The maximum Gasteiger partial charge on any atom is 0.0308 e. The average molecular weight is 266 g/mol. The summed E-state index contributed by atoms with van der Waals surface area (Å²) in [4.78, 5) is 2.78. The first-order chi connectivity index (χ1) is 9.11. The lowest BCUT2D eigenvalue weighted by molar-refractivity contribution is 0.156. The number of nitrogens with one attached hydrogen (secondary N) is 1. The van der Waals surface area contributed by atoms with E-state index >= 15 is 0 Å². The molecule has 1 atom stereocenters. The zero-order chi connectivity index (χ0) is 13.7. The standard InChI is InChI=1S/C17H34N2/c1-15(2)8-6-9-16(3)19-13-7-12-18-17(14-19)10-4-5-11-17/h15-16,18H,4-14H2,1-3H3. The molecule has 2 fully saturated rings. The van der Waals surface area contributed by atoms with Crippen LogP contribution in [0.25, 0.3) is 0 Å². The van der Waals surface area contributed by atoms with Gasteiger partial charge in [0.1, 0.15) is 0 Å². The van der Waals surface area contributed by atoms with Gasteiger partial charge in [-0.1, -0.05) is 39.5 Å². The van der Waals surface area contributed by atoms with Crippen molar-refractivity contribution in [2.24, 2.45) is 5.92 Å². The first-order valence-corrected chi connectivity index (χ1v) is 8.60. The summed E-state index contributed by atoms with van der Waals surface area (Å²) in [5.41, 5.74) is 0.475.